The van der Waals surface area contributed by atoms with Gasteiger partial charge in [-0.15, -0.1) is 0 Å². The van der Waals surface area contributed by atoms with Gasteiger partial charge < -0.3 is 15.0 Å². The fraction of sp³-hybridized carbons (Fsp3) is 0.500. The largest absolute Gasteiger partial charge is 0.497 e. The van der Waals surface area contributed by atoms with Crippen LogP contribution in [-0.2, 0) is 26.2 Å². The van der Waals surface area contributed by atoms with Gasteiger partial charge >= 0.3 is 0 Å². The number of nitrogens with one attached hydrogen (secondary N) is 1. The molecule has 8 nitrogen and oxygen atoms in total. The van der Waals surface area contributed by atoms with Crippen LogP contribution in [0, 0.1) is 6.92 Å². The monoisotopic (exact) mass is 529 g/mol. The Morgan fingerprint density at radius 3 is 2.46 bits per heavy atom. The molecule has 1 N–H and O–H groups in total. The average Bonchev–Trinajstić information content (AvgIpc) is 3.37. The maximum atomic E-state index is 13.4. The van der Waals surface area contributed by atoms with Crippen molar-refractivity contribution in [1.82, 2.24) is 10.2 Å². The number of amides is 2. The summed E-state index contributed by atoms with van der Waals surface area (Å²) in [5.41, 5.74) is 2.51. The molecule has 0 aromatic heterocycles. The van der Waals surface area contributed by atoms with Gasteiger partial charge in [-0.3, -0.25) is 13.9 Å². The van der Waals surface area contributed by atoms with Crippen LogP contribution in [-0.4, -0.2) is 57.1 Å². The van der Waals surface area contributed by atoms with E-state index in [2.05, 4.69) is 5.32 Å². The SMILES string of the molecule is COc1cccc(N(CCCC(=O)N(Cc2cccc(C)c2)[C@@H](C)C(=O)NC2CCCC2)S(C)(=O)=O)c1. The summed E-state index contributed by atoms with van der Waals surface area (Å²) in [6, 6.07) is 14.2. The van der Waals surface area contributed by atoms with E-state index in [0.717, 1.165) is 43.1 Å². The predicted octanol–water partition coefficient (Wildman–Crippen LogP) is 4.03. The molecule has 1 atom stereocenters. The summed E-state index contributed by atoms with van der Waals surface area (Å²) >= 11 is 0. The number of nitrogens with zero attached hydrogens (tertiary/aromatic N) is 2. The van der Waals surface area contributed by atoms with Gasteiger partial charge in [-0.25, -0.2) is 8.42 Å². The highest BCUT2D eigenvalue weighted by Gasteiger charge is 2.28. The van der Waals surface area contributed by atoms with Gasteiger partial charge in [-0.05, 0) is 50.8 Å². The molecule has 0 aliphatic heterocycles. The van der Waals surface area contributed by atoms with Crippen LogP contribution in [0.15, 0.2) is 48.5 Å². The molecule has 202 valence electrons. The summed E-state index contributed by atoms with van der Waals surface area (Å²) in [6.45, 7) is 4.20. The van der Waals surface area contributed by atoms with E-state index in [-0.39, 0.29) is 30.8 Å². The molecule has 0 radical (unpaired) electrons. The minimum atomic E-state index is -3.57. The Bertz CT molecular complexity index is 1180. The zero-order valence-corrected chi connectivity index (χ0v) is 23.1. The third-order valence-electron chi connectivity index (χ3n) is 6.80. The maximum absolute atomic E-state index is 13.4. The van der Waals surface area contributed by atoms with Gasteiger partial charge in [0.2, 0.25) is 21.8 Å². The Morgan fingerprint density at radius 2 is 1.81 bits per heavy atom. The topological polar surface area (TPSA) is 96.0 Å². The van der Waals surface area contributed by atoms with E-state index in [0.29, 0.717) is 24.4 Å². The van der Waals surface area contributed by atoms with Crippen LogP contribution < -0.4 is 14.4 Å². The zero-order chi connectivity index (χ0) is 27.0. The van der Waals surface area contributed by atoms with Crippen molar-refractivity contribution in [2.24, 2.45) is 0 Å². The van der Waals surface area contributed by atoms with Crippen LogP contribution in [0.5, 0.6) is 5.75 Å². The Balaban J connectivity index is 1.72. The van der Waals surface area contributed by atoms with Crippen LogP contribution in [0.25, 0.3) is 0 Å². The lowest BCUT2D eigenvalue weighted by Gasteiger charge is -2.30. The molecule has 1 saturated carbocycles. The molecule has 9 heteroatoms. The first-order chi connectivity index (χ1) is 17.6. The van der Waals surface area contributed by atoms with Gasteiger partial charge in [0.15, 0.2) is 0 Å². The highest BCUT2D eigenvalue weighted by Crippen LogP contribution is 2.24. The lowest BCUT2D eigenvalue weighted by Crippen LogP contribution is -2.49. The number of carbonyl (C=O) groups is 2. The van der Waals surface area contributed by atoms with Crippen molar-refractivity contribution in [3.63, 3.8) is 0 Å². The highest BCUT2D eigenvalue weighted by atomic mass is 32.2. The fourth-order valence-corrected chi connectivity index (χ4v) is 5.71. The first-order valence-corrected chi connectivity index (χ1v) is 14.7. The fourth-order valence-electron chi connectivity index (χ4n) is 4.75. The number of methoxy groups -OCH3 is 1. The van der Waals surface area contributed by atoms with Gasteiger partial charge in [0.1, 0.15) is 11.8 Å². The molecule has 1 aliphatic carbocycles. The first kappa shape index (κ1) is 28.5. The van der Waals surface area contributed by atoms with Crippen molar-refractivity contribution in [3.05, 3.63) is 59.7 Å². The van der Waals surface area contributed by atoms with Crippen molar-refractivity contribution in [1.29, 1.82) is 0 Å². The van der Waals surface area contributed by atoms with Crippen LogP contribution >= 0.6 is 0 Å². The maximum Gasteiger partial charge on any atom is 0.242 e. The normalized spacial score (nSPS) is 14.7. The van der Waals surface area contributed by atoms with Crippen molar-refractivity contribution in [2.45, 2.75) is 71.0 Å². The van der Waals surface area contributed by atoms with Gasteiger partial charge in [0.25, 0.3) is 0 Å². The lowest BCUT2D eigenvalue weighted by atomic mass is 10.1. The standard InChI is InChI=1S/C28H39N3O5S/c1-21-10-7-11-23(18-21)20-30(22(2)28(33)29-24-12-5-6-13-24)27(32)16-9-17-31(37(4,34)35)25-14-8-15-26(19-25)36-3/h7-8,10-11,14-15,18-19,22,24H,5-6,9,12-13,16-17,20H2,1-4H3,(H,29,33)/t22-/m0/s1. The molecule has 0 saturated heterocycles. The van der Waals surface area contributed by atoms with E-state index in [1.165, 1.54) is 11.4 Å². The minimum absolute atomic E-state index is 0.114. The molecule has 2 amide bonds. The Morgan fingerprint density at radius 1 is 1.11 bits per heavy atom. The number of anilines is 1. The van der Waals surface area contributed by atoms with Crippen molar-refractivity contribution >= 4 is 27.5 Å². The molecule has 0 unspecified atom stereocenters. The summed E-state index contributed by atoms with van der Waals surface area (Å²) in [5, 5.41) is 3.11. The number of hydrogen-bond donors (Lipinski definition) is 1. The molecule has 1 aliphatic rings. The van der Waals surface area contributed by atoms with Crippen LogP contribution in [0.3, 0.4) is 0 Å². The molecule has 0 spiro atoms. The molecular weight excluding hydrogens is 490 g/mol. The number of aryl methyl sites for hydroxylation is 1. The van der Waals surface area contributed by atoms with E-state index in [9.17, 15) is 18.0 Å². The first-order valence-electron chi connectivity index (χ1n) is 12.9. The van der Waals surface area contributed by atoms with E-state index >= 15 is 0 Å². The minimum Gasteiger partial charge on any atom is -0.497 e. The molecule has 3 rings (SSSR count). The summed E-state index contributed by atoms with van der Waals surface area (Å²) in [5.74, 6) is 0.213. The van der Waals surface area contributed by atoms with Gasteiger partial charge in [-0.2, -0.15) is 0 Å². The molecule has 0 bridgehead atoms. The molecular formula is C28H39N3O5S. The van der Waals surface area contributed by atoms with Crippen LogP contribution in [0.4, 0.5) is 5.69 Å². The smallest absolute Gasteiger partial charge is 0.242 e. The van der Waals surface area contributed by atoms with Gasteiger partial charge in [0.05, 0.1) is 19.1 Å². The van der Waals surface area contributed by atoms with E-state index in [1.54, 1.807) is 36.1 Å². The van der Waals surface area contributed by atoms with Crippen LogP contribution in [0.2, 0.25) is 0 Å². The molecule has 1 fully saturated rings. The summed E-state index contributed by atoms with van der Waals surface area (Å²) < 4.78 is 31.5. The molecule has 2 aromatic carbocycles. The quantitative estimate of drug-likeness (QED) is 0.448. The van der Waals surface area contributed by atoms with Gasteiger partial charge in [-0.1, -0.05) is 48.7 Å². The Hall–Kier alpha value is -3.07. The number of sulfonamides is 1. The number of hydrogen-bond acceptors (Lipinski definition) is 5. The van der Waals surface area contributed by atoms with Crippen molar-refractivity contribution in [2.75, 3.05) is 24.2 Å². The summed E-state index contributed by atoms with van der Waals surface area (Å²) in [7, 11) is -2.05. The van der Waals surface area contributed by atoms with Crippen molar-refractivity contribution < 1.29 is 22.7 Å². The van der Waals surface area contributed by atoms with Gasteiger partial charge in [0, 0.05) is 31.6 Å². The average molecular weight is 530 g/mol. The van der Waals surface area contributed by atoms with Crippen LogP contribution in [0.1, 0.15) is 56.6 Å². The van der Waals surface area contributed by atoms with E-state index in [4.69, 9.17) is 4.74 Å². The number of ether oxygens (including phenoxy) is 1. The van der Waals surface area contributed by atoms with Crippen molar-refractivity contribution in [3.8, 4) is 5.75 Å². The molecule has 0 heterocycles. The molecule has 2 aromatic rings. The second kappa shape index (κ2) is 12.9. The second-order valence-electron chi connectivity index (χ2n) is 9.82. The summed E-state index contributed by atoms with van der Waals surface area (Å²) in [6.07, 6.45) is 5.72. The predicted molar refractivity (Wildman–Crippen MR) is 146 cm³/mol. The highest BCUT2D eigenvalue weighted by molar-refractivity contribution is 7.92. The van der Waals surface area contributed by atoms with E-state index < -0.39 is 16.1 Å². The molecule has 37 heavy (non-hydrogen) atoms. The third-order valence-corrected chi connectivity index (χ3v) is 7.99. The third kappa shape index (κ3) is 8.21. The van der Waals surface area contributed by atoms with E-state index in [1.807, 2.05) is 31.2 Å². The number of rotatable bonds is 12. The Labute approximate surface area is 221 Å². The lowest BCUT2D eigenvalue weighted by molar-refractivity contribution is -0.141. The number of carbonyl (C=O) groups excluding carboxylic acids is 2. The second-order valence-corrected chi connectivity index (χ2v) is 11.7. The Kier molecular flexibility index (Phi) is 9.97. The number of benzene rings is 2. The zero-order valence-electron chi connectivity index (χ0n) is 22.3. The summed E-state index contributed by atoms with van der Waals surface area (Å²) in [4.78, 5) is 28.1.